The second-order valence-corrected chi connectivity index (χ2v) is 11.5. The minimum atomic E-state index is -0.267. The third-order valence-corrected chi connectivity index (χ3v) is 8.55. The van der Waals surface area contributed by atoms with Crippen molar-refractivity contribution in [1.82, 2.24) is 0 Å². The molecule has 4 heteroatoms. The maximum atomic E-state index is 12.7. The van der Waals surface area contributed by atoms with Gasteiger partial charge in [-0.05, 0) is 102 Å². The van der Waals surface area contributed by atoms with E-state index in [0.29, 0.717) is 11.5 Å². The molecular weight excluding hydrogens is 460 g/mol. The van der Waals surface area contributed by atoms with Crippen LogP contribution in [0.15, 0.2) is 70.8 Å². The fourth-order valence-corrected chi connectivity index (χ4v) is 5.35. The Morgan fingerprint density at radius 2 is 0.973 bits per heavy atom. The molecule has 0 spiro atoms. The average Bonchev–Trinajstić information content (AvgIpc) is 2.88. The smallest absolute Gasteiger partial charge is 0.314 e. The zero-order valence-corrected chi connectivity index (χ0v) is 23.1. The summed E-state index contributed by atoms with van der Waals surface area (Å²) in [5, 5.41) is 0. The Morgan fingerprint density at radius 1 is 0.622 bits per heavy atom. The molecule has 2 aliphatic carbocycles. The monoisotopic (exact) mass is 500 g/mol. The minimum Gasteiger partial charge on any atom is -0.426 e. The molecule has 4 nitrogen and oxygen atoms in total. The molecule has 196 valence electrons. The van der Waals surface area contributed by atoms with Gasteiger partial charge in [-0.15, -0.1) is 0 Å². The van der Waals surface area contributed by atoms with Gasteiger partial charge in [0.25, 0.3) is 0 Å². The standard InChI is InChI=1S/C33H40O4/c1-21-7-9-25(19-23(21)3)31(34)36-29-15-11-27(12-16-29)33(5,6)28-13-17-30(18-14-28)37-32(35)26-10-8-22(2)24(4)20-26/h11-18,25-26H,7-10,19-20H2,1-6H3. The Morgan fingerprint density at radius 3 is 1.30 bits per heavy atom. The third-order valence-electron chi connectivity index (χ3n) is 8.55. The van der Waals surface area contributed by atoms with Crippen molar-refractivity contribution in [2.75, 3.05) is 0 Å². The number of carbonyl (C=O) groups is 2. The molecule has 2 aromatic carbocycles. The van der Waals surface area contributed by atoms with Crippen LogP contribution in [0.3, 0.4) is 0 Å². The molecule has 0 saturated carbocycles. The molecule has 0 fully saturated rings. The summed E-state index contributed by atoms with van der Waals surface area (Å²) in [5.74, 6) is 0.764. The predicted molar refractivity (Wildman–Crippen MR) is 148 cm³/mol. The molecular formula is C33H40O4. The normalized spacial score (nSPS) is 20.6. The van der Waals surface area contributed by atoms with E-state index in [2.05, 4.69) is 41.5 Å². The number of esters is 2. The molecule has 0 aromatic heterocycles. The van der Waals surface area contributed by atoms with Crippen LogP contribution in [0, 0.1) is 11.8 Å². The zero-order chi connectivity index (χ0) is 26.7. The summed E-state index contributed by atoms with van der Waals surface area (Å²) in [5.41, 5.74) is 7.37. The molecule has 37 heavy (non-hydrogen) atoms. The van der Waals surface area contributed by atoms with Crippen LogP contribution in [0.4, 0.5) is 0 Å². The van der Waals surface area contributed by atoms with Gasteiger partial charge in [-0.2, -0.15) is 0 Å². The number of allylic oxidation sites excluding steroid dienone is 4. The highest BCUT2D eigenvalue weighted by molar-refractivity contribution is 5.76. The van der Waals surface area contributed by atoms with Gasteiger partial charge in [0, 0.05) is 5.41 Å². The first-order valence-corrected chi connectivity index (χ1v) is 13.5. The van der Waals surface area contributed by atoms with E-state index in [1.54, 1.807) is 0 Å². The van der Waals surface area contributed by atoms with Crippen LogP contribution in [0.2, 0.25) is 0 Å². The Balaban J connectivity index is 1.37. The highest BCUT2D eigenvalue weighted by Gasteiger charge is 2.28. The quantitative estimate of drug-likeness (QED) is 0.228. The first-order chi connectivity index (χ1) is 17.5. The first-order valence-electron chi connectivity index (χ1n) is 13.5. The summed E-state index contributed by atoms with van der Waals surface area (Å²) in [4.78, 5) is 25.4. The molecule has 0 saturated heterocycles. The topological polar surface area (TPSA) is 52.6 Å². The van der Waals surface area contributed by atoms with Gasteiger partial charge in [-0.1, -0.05) is 60.4 Å². The van der Waals surface area contributed by atoms with Crippen LogP contribution in [-0.2, 0) is 15.0 Å². The summed E-state index contributed by atoms with van der Waals surface area (Å²) < 4.78 is 11.4. The Hall–Kier alpha value is -3.14. The third kappa shape index (κ3) is 6.23. The van der Waals surface area contributed by atoms with Gasteiger partial charge in [0.05, 0.1) is 11.8 Å². The predicted octanol–water partition coefficient (Wildman–Crippen LogP) is 8.10. The fourth-order valence-electron chi connectivity index (χ4n) is 5.35. The highest BCUT2D eigenvalue weighted by atomic mass is 16.5. The van der Waals surface area contributed by atoms with Crippen LogP contribution in [-0.4, -0.2) is 11.9 Å². The van der Waals surface area contributed by atoms with Crippen molar-refractivity contribution in [1.29, 1.82) is 0 Å². The lowest BCUT2D eigenvalue weighted by molar-refractivity contribution is -0.140. The van der Waals surface area contributed by atoms with Crippen molar-refractivity contribution >= 4 is 11.9 Å². The van der Waals surface area contributed by atoms with E-state index in [0.717, 1.165) is 49.7 Å². The minimum absolute atomic E-state index is 0.0600. The van der Waals surface area contributed by atoms with Crippen LogP contribution in [0.25, 0.3) is 0 Å². The van der Waals surface area contributed by atoms with Gasteiger partial charge >= 0.3 is 11.9 Å². The van der Waals surface area contributed by atoms with E-state index >= 15 is 0 Å². The maximum Gasteiger partial charge on any atom is 0.314 e. The summed E-state index contributed by atoms with van der Waals surface area (Å²) >= 11 is 0. The van der Waals surface area contributed by atoms with Crippen LogP contribution in [0.5, 0.6) is 11.5 Å². The van der Waals surface area contributed by atoms with E-state index in [-0.39, 0.29) is 29.2 Å². The number of carbonyl (C=O) groups excluding carboxylic acids is 2. The zero-order valence-electron chi connectivity index (χ0n) is 23.1. The lowest BCUT2D eigenvalue weighted by Crippen LogP contribution is -2.24. The summed E-state index contributed by atoms with van der Waals surface area (Å²) in [6, 6.07) is 15.6. The van der Waals surface area contributed by atoms with Crippen molar-refractivity contribution in [2.45, 2.75) is 85.5 Å². The summed E-state index contributed by atoms with van der Waals surface area (Å²) in [7, 11) is 0. The van der Waals surface area contributed by atoms with Crippen LogP contribution >= 0.6 is 0 Å². The van der Waals surface area contributed by atoms with Crippen molar-refractivity contribution in [3.63, 3.8) is 0 Å². The van der Waals surface area contributed by atoms with E-state index < -0.39 is 0 Å². The van der Waals surface area contributed by atoms with Gasteiger partial charge in [-0.25, -0.2) is 0 Å². The summed E-state index contributed by atoms with van der Waals surface area (Å²) in [6.45, 7) is 12.8. The number of rotatable bonds is 6. The first kappa shape index (κ1) is 26.9. The van der Waals surface area contributed by atoms with Gasteiger partial charge in [0.2, 0.25) is 0 Å². The number of hydrogen-bond acceptors (Lipinski definition) is 4. The number of ether oxygens (including phenoxy) is 2. The number of benzene rings is 2. The molecule has 0 bridgehead atoms. The van der Waals surface area contributed by atoms with Crippen molar-refractivity contribution in [2.24, 2.45) is 11.8 Å². The average molecular weight is 501 g/mol. The largest absolute Gasteiger partial charge is 0.426 e. The molecule has 0 amide bonds. The molecule has 0 aliphatic heterocycles. The fraction of sp³-hybridized carbons (Fsp3) is 0.455. The van der Waals surface area contributed by atoms with E-state index in [4.69, 9.17) is 9.47 Å². The van der Waals surface area contributed by atoms with Crippen molar-refractivity contribution in [3.8, 4) is 11.5 Å². The second-order valence-electron chi connectivity index (χ2n) is 11.5. The van der Waals surface area contributed by atoms with E-state index in [1.807, 2.05) is 48.5 Å². The molecule has 0 radical (unpaired) electrons. The molecule has 0 heterocycles. The maximum absolute atomic E-state index is 12.7. The van der Waals surface area contributed by atoms with Crippen molar-refractivity contribution in [3.05, 3.63) is 82.0 Å². The molecule has 2 aromatic rings. The molecule has 4 rings (SSSR count). The van der Waals surface area contributed by atoms with Gasteiger partial charge in [0.1, 0.15) is 11.5 Å². The van der Waals surface area contributed by atoms with Crippen molar-refractivity contribution < 1.29 is 19.1 Å². The number of hydrogen-bond donors (Lipinski definition) is 0. The highest BCUT2D eigenvalue weighted by Crippen LogP contribution is 2.35. The Kier molecular flexibility index (Phi) is 8.06. The van der Waals surface area contributed by atoms with Gasteiger partial charge < -0.3 is 9.47 Å². The summed E-state index contributed by atoms with van der Waals surface area (Å²) in [6.07, 6.45) is 5.23. The molecule has 2 aliphatic rings. The van der Waals surface area contributed by atoms with E-state index in [1.165, 1.54) is 22.3 Å². The van der Waals surface area contributed by atoms with Crippen LogP contribution in [0.1, 0.15) is 91.2 Å². The lowest BCUT2D eigenvalue weighted by Gasteiger charge is -2.27. The van der Waals surface area contributed by atoms with Gasteiger partial charge in [0.15, 0.2) is 0 Å². The van der Waals surface area contributed by atoms with Crippen LogP contribution < -0.4 is 9.47 Å². The molecule has 0 N–H and O–H groups in total. The SMILES string of the molecule is CC1=C(C)CC(C(=O)Oc2ccc(C(C)(C)c3ccc(OC(=O)C4CCC(C)=C(C)C4)cc3)cc2)CC1. The Labute approximate surface area is 221 Å². The van der Waals surface area contributed by atoms with Gasteiger partial charge in [-0.3, -0.25) is 9.59 Å². The van der Waals surface area contributed by atoms with E-state index in [9.17, 15) is 9.59 Å². The molecule has 2 unspecified atom stereocenters. The second kappa shape index (κ2) is 11.1. The molecule has 2 atom stereocenters. The Bertz CT molecular complexity index is 1120. The lowest BCUT2D eigenvalue weighted by atomic mass is 9.78.